The summed E-state index contributed by atoms with van der Waals surface area (Å²) in [5, 5.41) is 9.21. The molecule has 0 fully saturated rings. The van der Waals surface area contributed by atoms with Crippen molar-refractivity contribution in [3.05, 3.63) is 0 Å². The minimum Gasteiger partial charge on any atom is -0.353 e. The lowest BCUT2D eigenvalue weighted by Gasteiger charge is -2.25. The summed E-state index contributed by atoms with van der Waals surface area (Å²) in [6, 6.07) is 1.99. The second-order valence-electron chi connectivity index (χ2n) is 3.60. The molecule has 0 radical (unpaired) electrons. The predicted octanol–water partition coefficient (Wildman–Crippen LogP) is 2.93. The fraction of sp³-hybridized carbons (Fsp3) is 0.917. The second-order valence-corrected chi connectivity index (χ2v) is 5.82. The summed E-state index contributed by atoms with van der Waals surface area (Å²) in [6.45, 7) is 8.45. The van der Waals surface area contributed by atoms with Crippen LogP contribution in [0.25, 0.3) is 0 Å². The van der Waals surface area contributed by atoms with E-state index in [-0.39, 0.29) is 19.6 Å². The number of ether oxygens (including phenoxy) is 2. The lowest BCUT2D eigenvalue weighted by Crippen LogP contribution is -2.24. The summed E-state index contributed by atoms with van der Waals surface area (Å²) in [4.78, 5) is 0. The van der Waals surface area contributed by atoms with E-state index in [1.807, 2.05) is 19.9 Å². The largest absolute Gasteiger partial charge is 0.353 e. The Bertz CT molecular complexity index is 302. The van der Waals surface area contributed by atoms with Crippen LogP contribution in [0.15, 0.2) is 0 Å². The lowest BCUT2D eigenvalue weighted by atomic mass is 10.3. The van der Waals surface area contributed by atoms with E-state index >= 15 is 0 Å². The maximum Gasteiger partial charge on any atom is 0.347 e. The van der Waals surface area contributed by atoms with Crippen LogP contribution < -0.4 is 0 Å². The van der Waals surface area contributed by atoms with Crippen LogP contribution in [0.2, 0.25) is 0 Å². The van der Waals surface area contributed by atoms with Gasteiger partial charge in [0.25, 0.3) is 0 Å². The van der Waals surface area contributed by atoms with Gasteiger partial charge in [-0.05, 0) is 27.7 Å². The molecule has 0 heterocycles. The number of hydrogen-bond acceptors (Lipinski definition) is 6. The highest BCUT2D eigenvalue weighted by Gasteiger charge is 2.37. The highest BCUT2D eigenvalue weighted by Crippen LogP contribution is 2.54. The molecule has 1 unspecified atom stereocenters. The van der Waals surface area contributed by atoms with Crippen molar-refractivity contribution in [3.63, 3.8) is 0 Å². The monoisotopic (exact) mass is 293 g/mol. The topological polar surface area (TPSA) is 77.8 Å². The third kappa shape index (κ3) is 6.51. The number of nitriles is 1. The number of hydrogen-bond donors (Lipinski definition) is 0. The molecule has 7 heteroatoms. The normalized spacial score (nSPS) is 13.5. The zero-order valence-corrected chi connectivity index (χ0v) is 13.0. The van der Waals surface area contributed by atoms with Crippen LogP contribution in [0.3, 0.4) is 0 Å². The van der Waals surface area contributed by atoms with Gasteiger partial charge in [0.15, 0.2) is 11.9 Å². The Labute approximate surface area is 115 Å². The summed E-state index contributed by atoms with van der Waals surface area (Å²) in [7, 11) is -3.45. The molecular weight excluding hydrogens is 269 g/mol. The van der Waals surface area contributed by atoms with Crippen molar-refractivity contribution in [3.8, 4) is 6.07 Å². The Balaban J connectivity index is 4.84. The molecule has 1 atom stereocenters. The quantitative estimate of drug-likeness (QED) is 0.430. The van der Waals surface area contributed by atoms with Gasteiger partial charge in [-0.2, -0.15) is 5.26 Å². The van der Waals surface area contributed by atoms with Crippen molar-refractivity contribution in [1.29, 1.82) is 5.26 Å². The summed E-state index contributed by atoms with van der Waals surface area (Å²) in [5.74, 6) is 0. The van der Waals surface area contributed by atoms with Crippen LogP contribution in [0, 0.1) is 11.3 Å². The Morgan fingerprint density at radius 1 is 1.00 bits per heavy atom. The maximum absolute atomic E-state index is 12.5. The van der Waals surface area contributed by atoms with Crippen molar-refractivity contribution < 1.29 is 23.1 Å². The fourth-order valence-electron chi connectivity index (χ4n) is 1.57. The molecule has 112 valence electrons. The third-order valence-corrected chi connectivity index (χ3v) is 4.60. The van der Waals surface area contributed by atoms with Gasteiger partial charge in [-0.25, -0.2) is 0 Å². The summed E-state index contributed by atoms with van der Waals surface area (Å²) in [6.07, 6.45) is -0.413. The zero-order valence-electron chi connectivity index (χ0n) is 12.1. The first-order chi connectivity index (χ1) is 9.07. The molecule has 6 nitrogen and oxygen atoms in total. The highest BCUT2D eigenvalue weighted by atomic mass is 31.2. The first-order valence-corrected chi connectivity index (χ1v) is 8.20. The Hall–Kier alpha value is -0.440. The van der Waals surface area contributed by atoms with Crippen molar-refractivity contribution in [2.45, 2.75) is 46.1 Å². The molecule has 0 spiro atoms. The van der Waals surface area contributed by atoms with Gasteiger partial charge in [-0.1, -0.05) is 0 Å². The van der Waals surface area contributed by atoms with Crippen LogP contribution in [-0.2, 0) is 23.1 Å². The molecule has 0 saturated carbocycles. The van der Waals surface area contributed by atoms with Crippen molar-refractivity contribution in [1.82, 2.24) is 0 Å². The SMILES string of the molecule is CCOC(CC(C#N)P(=O)(OCC)OCC)OCC. The van der Waals surface area contributed by atoms with Crippen LogP contribution in [-0.4, -0.2) is 38.4 Å². The first-order valence-electron chi connectivity index (χ1n) is 6.59. The van der Waals surface area contributed by atoms with E-state index in [2.05, 4.69) is 0 Å². The molecule has 0 aromatic carbocycles. The van der Waals surface area contributed by atoms with E-state index in [0.717, 1.165) is 0 Å². The molecule has 0 saturated heterocycles. The first kappa shape index (κ1) is 18.6. The smallest absolute Gasteiger partial charge is 0.347 e. The van der Waals surface area contributed by atoms with E-state index in [4.69, 9.17) is 18.5 Å². The molecule has 0 aromatic heterocycles. The average molecular weight is 293 g/mol. The van der Waals surface area contributed by atoms with E-state index < -0.39 is 19.5 Å². The Morgan fingerprint density at radius 2 is 1.47 bits per heavy atom. The van der Waals surface area contributed by atoms with Crippen LogP contribution in [0.5, 0.6) is 0 Å². The molecule has 19 heavy (non-hydrogen) atoms. The van der Waals surface area contributed by atoms with E-state index in [0.29, 0.717) is 13.2 Å². The van der Waals surface area contributed by atoms with Crippen molar-refractivity contribution >= 4 is 7.60 Å². The van der Waals surface area contributed by atoms with Gasteiger partial charge in [0.1, 0.15) is 0 Å². The van der Waals surface area contributed by atoms with Crippen molar-refractivity contribution in [2.75, 3.05) is 26.4 Å². The molecule has 0 aliphatic heterocycles. The molecular formula is C12H24NO5P. The van der Waals surface area contributed by atoms with Gasteiger partial charge in [0, 0.05) is 19.6 Å². The molecule has 0 aliphatic carbocycles. The highest BCUT2D eigenvalue weighted by molar-refractivity contribution is 7.55. The van der Waals surface area contributed by atoms with Gasteiger partial charge in [-0.3, -0.25) is 4.57 Å². The van der Waals surface area contributed by atoms with Gasteiger partial charge >= 0.3 is 7.60 Å². The standard InChI is InChI=1S/C12H24NO5P/c1-5-15-12(16-6-2)9-11(10-13)19(14,17-7-3)18-8-4/h11-12H,5-9H2,1-4H3. The minimum atomic E-state index is -3.45. The maximum atomic E-state index is 12.5. The van der Waals surface area contributed by atoms with Crippen molar-refractivity contribution in [2.24, 2.45) is 0 Å². The number of nitrogens with zero attached hydrogens (tertiary/aromatic N) is 1. The van der Waals surface area contributed by atoms with Gasteiger partial charge in [-0.15, -0.1) is 0 Å². The third-order valence-electron chi connectivity index (χ3n) is 2.27. The molecule has 0 aromatic rings. The van der Waals surface area contributed by atoms with E-state index in [9.17, 15) is 9.83 Å². The van der Waals surface area contributed by atoms with E-state index in [1.165, 1.54) is 0 Å². The van der Waals surface area contributed by atoms with Gasteiger partial charge in [0.2, 0.25) is 0 Å². The summed E-state index contributed by atoms with van der Waals surface area (Å²) in [5.41, 5.74) is -0.893. The fourth-order valence-corrected chi connectivity index (χ4v) is 3.29. The Kier molecular flexibility index (Phi) is 10.1. The number of rotatable bonds is 11. The van der Waals surface area contributed by atoms with Crippen LogP contribution >= 0.6 is 7.60 Å². The molecule has 0 N–H and O–H groups in total. The molecule has 0 rings (SSSR count). The van der Waals surface area contributed by atoms with Gasteiger partial charge < -0.3 is 18.5 Å². The minimum absolute atomic E-state index is 0.162. The molecule has 0 bridgehead atoms. The molecule has 0 amide bonds. The zero-order chi connectivity index (χ0) is 14.7. The van der Waals surface area contributed by atoms with E-state index in [1.54, 1.807) is 13.8 Å². The summed E-state index contributed by atoms with van der Waals surface area (Å²) < 4.78 is 33.6. The van der Waals surface area contributed by atoms with Gasteiger partial charge in [0.05, 0.1) is 19.3 Å². The Morgan fingerprint density at radius 3 is 1.79 bits per heavy atom. The predicted molar refractivity (Wildman–Crippen MR) is 71.9 cm³/mol. The lowest BCUT2D eigenvalue weighted by molar-refractivity contribution is -0.138. The average Bonchev–Trinajstić information content (AvgIpc) is 2.36. The molecule has 0 aliphatic rings. The second kappa shape index (κ2) is 10.4. The summed E-state index contributed by atoms with van der Waals surface area (Å²) >= 11 is 0. The van der Waals surface area contributed by atoms with Crippen LogP contribution in [0.4, 0.5) is 0 Å². The van der Waals surface area contributed by atoms with Crippen LogP contribution in [0.1, 0.15) is 34.1 Å².